The van der Waals surface area contributed by atoms with Crippen LogP contribution in [0, 0.1) is 19.3 Å². The first kappa shape index (κ1) is 17.8. The number of H-pyrrole nitrogens is 1. The van der Waals surface area contributed by atoms with Gasteiger partial charge in [-0.2, -0.15) is 0 Å². The van der Waals surface area contributed by atoms with Crippen LogP contribution < -0.4 is 10.5 Å². The number of hydrogen-bond acceptors (Lipinski definition) is 4. The Bertz CT molecular complexity index is 1170. The maximum absolute atomic E-state index is 12.4. The summed E-state index contributed by atoms with van der Waals surface area (Å²) in [7, 11) is 0. The van der Waals surface area contributed by atoms with E-state index in [9.17, 15) is 9.59 Å². The van der Waals surface area contributed by atoms with E-state index in [-0.39, 0.29) is 17.2 Å². The van der Waals surface area contributed by atoms with Crippen LogP contribution in [0.25, 0.3) is 10.9 Å². The lowest BCUT2D eigenvalue weighted by Gasteiger charge is -2.30. The van der Waals surface area contributed by atoms with E-state index in [2.05, 4.69) is 20.8 Å². The number of rotatable bonds is 4. The van der Waals surface area contributed by atoms with Gasteiger partial charge in [0, 0.05) is 5.69 Å². The number of hydrogen-bond donors (Lipinski definition) is 2. The lowest BCUT2D eigenvalue weighted by molar-refractivity contribution is 0.0697. The van der Waals surface area contributed by atoms with Crippen LogP contribution in [0.1, 0.15) is 39.8 Å². The molecule has 2 N–H and O–H groups in total. The molecule has 0 spiro atoms. The Morgan fingerprint density at radius 3 is 2.79 bits per heavy atom. The molecule has 1 heterocycles. The monoisotopic (exact) mass is 373 g/mol. The molecule has 0 saturated heterocycles. The predicted octanol–water partition coefficient (Wildman–Crippen LogP) is 3.06. The number of carbonyl (C=O) groups is 1. The number of benzene rings is 2. The zero-order valence-electron chi connectivity index (χ0n) is 15.4. The molecule has 1 aliphatic carbocycles. The molecule has 1 unspecified atom stereocenters. The molecule has 1 aliphatic rings. The second-order valence-corrected chi connectivity index (χ2v) is 6.96. The summed E-state index contributed by atoms with van der Waals surface area (Å²) in [6.45, 7) is 2.16. The molecule has 0 fully saturated rings. The average Bonchev–Trinajstić information content (AvgIpc) is 3.07. The average molecular weight is 373 g/mol. The molecule has 6 nitrogen and oxygen atoms in total. The predicted molar refractivity (Wildman–Crippen MR) is 108 cm³/mol. The molecular formula is C22H19N3O3. The molecule has 140 valence electrons. The number of aromatic amines is 1. The highest BCUT2D eigenvalue weighted by atomic mass is 16.4. The van der Waals surface area contributed by atoms with Gasteiger partial charge in [0.05, 0.1) is 29.1 Å². The van der Waals surface area contributed by atoms with Gasteiger partial charge >= 0.3 is 5.97 Å². The van der Waals surface area contributed by atoms with Gasteiger partial charge in [-0.15, -0.1) is 6.42 Å². The number of aromatic nitrogens is 2. The van der Waals surface area contributed by atoms with E-state index in [0.29, 0.717) is 23.3 Å². The number of carboxylic acids is 1. The van der Waals surface area contributed by atoms with Crippen molar-refractivity contribution < 1.29 is 9.90 Å². The van der Waals surface area contributed by atoms with Gasteiger partial charge in [-0.1, -0.05) is 5.92 Å². The summed E-state index contributed by atoms with van der Waals surface area (Å²) in [5.41, 5.74) is 3.88. The third kappa shape index (κ3) is 3.01. The fraction of sp³-hybridized carbons (Fsp3) is 0.227. The van der Waals surface area contributed by atoms with Gasteiger partial charge in [-0.25, -0.2) is 9.78 Å². The summed E-state index contributed by atoms with van der Waals surface area (Å²) < 4.78 is 0. The van der Waals surface area contributed by atoms with E-state index < -0.39 is 5.97 Å². The van der Waals surface area contributed by atoms with Crippen molar-refractivity contribution >= 4 is 22.6 Å². The Morgan fingerprint density at radius 1 is 1.36 bits per heavy atom. The molecule has 0 radical (unpaired) electrons. The number of nitrogens with zero attached hydrogens (tertiary/aromatic N) is 2. The molecule has 0 saturated carbocycles. The molecule has 1 aromatic heterocycles. The van der Waals surface area contributed by atoms with Crippen molar-refractivity contribution in [2.45, 2.75) is 25.8 Å². The first-order chi connectivity index (χ1) is 13.5. The maximum Gasteiger partial charge on any atom is 0.335 e. The molecule has 3 aromatic rings. The Hall–Kier alpha value is -3.59. The minimum absolute atomic E-state index is 0.0202. The van der Waals surface area contributed by atoms with Crippen LogP contribution in [0.15, 0.2) is 41.2 Å². The largest absolute Gasteiger partial charge is 0.478 e. The summed E-state index contributed by atoms with van der Waals surface area (Å²) in [5.74, 6) is 2.33. The summed E-state index contributed by atoms with van der Waals surface area (Å²) in [6, 6.07) is 10.6. The molecular weight excluding hydrogens is 354 g/mol. The summed E-state index contributed by atoms with van der Waals surface area (Å²) >= 11 is 0. The van der Waals surface area contributed by atoms with Gasteiger partial charge in [-0.3, -0.25) is 4.79 Å². The van der Waals surface area contributed by atoms with E-state index in [1.54, 1.807) is 31.2 Å². The van der Waals surface area contributed by atoms with Crippen molar-refractivity contribution in [3.63, 3.8) is 0 Å². The van der Waals surface area contributed by atoms with Gasteiger partial charge in [0.15, 0.2) is 0 Å². The van der Waals surface area contributed by atoms with Crippen molar-refractivity contribution in [1.29, 1.82) is 0 Å². The van der Waals surface area contributed by atoms with Crippen LogP contribution >= 0.6 is 0 Å². The quantitative estimate of drug-likeness (QED) is 0.687. The van der Waals surface area contributed by atoms with Gasteiger partial charge in [0.25, 0.3) is 5.56 Å². The molecule has 28 heavy (non-hydrogen) atoms. The fourth-order valence-electron chi connectivity index (χ4n) is 3.94. The van der Waals surface area contributed by atoms with Gasteiger partial charge in [0.1, 0.15) is 5.82 Å². The topological polar surface area (TPSA) is 86.3 Å². The number of carboxylic acid groups (broad SMARTS) is 1. The Morgan fingerprint density at radius 2 is 2.11 bits per heavy atom. The lowest BCUT2D eigenvalue weighted by Crippen LogP contribution is -2.28. The Kier molecular flexibility index (Phi) is 4.36. The van der Waals surface area contributed by atoms with Crippen LogP contribution in [-0.4, -0.2) is 27.6 Å². The van der Waals surface area contributed by atoms with Gasteiger partial charge in [-0.05, 0) is 67.3 Å². The normalized spacial score (nSPS) is 15.2. The van der Waals surface area contributed by atoms with Crippen LogP contribution in [0.3, 0.4) is 0 Å². The minimum Gasteiger partial charge on any atom is -0.478 e. The molecule has 1 atom stereocenters. The van der Waals surface area contributed by atoms with E-state index in [0.717, 1.165) is 24.1 Å². The van der Waals surface area contributed by atoms with E-state index in [1.807, 2.05) is 12.1 Å². The zero-order chi connectivity index (χ0) is 19.8. The third-order valence-electron chi connectivity index (χ3n) is 5.21. The number of fused-ring (bicyclic) bond motifs is 2. The first-order valence-electron chi connectivity index (χ1n) is 9.05. The molecule has 4 rings (SSSR count). The Balaban J connectivity index is 1.78. The van der Waals surface area contributed by atoms with Crippen molar-refractivity contribution in [1.82, 2.24) is 9.97 Å². The lowest BCUT2D eigenvalue weighted by atomic mass is 10.0. The van der Waals surface area contributed by atoms with Crippen molar-refractivity contribution in [3.05, 3.63) is 69.3 Å². The van der Waals surface area contributed by atoms with Gasteiger partial charge in [0.2, 0.25) is 0 Å². The Labute approximate surface area is 161 Å². The van der Waals surface area contributed by atoms with E-state index >= 15 is 0 Å². The second-order valence-electron chi connectivity index (χ2n) is 6.96. The number of aryl methyl sites for hydroxylation is 2. The molecule has 2 aromatic carbocycles. The highest BCUT2D eigenvalue weighted by Gasteiger charge is 2.29. The summed E-state index contributed by atoms with van der Waals surface area (Å²) in [6.07, 6.45) is 7.35. The highest BCUT2D eigenvalue weighted by Crippen LogP contribution is 2.39. The maximum atomic E-state index is 12.4. The molecule has 0 bridgehead atoms. The van der Waals surface area contributed by atoms with Crippen LogP contribution in [0.5, 0.6) is 0 Å². The van der Waals surface area contributed by atoms with Crippen LogP contribution in [0.2, 0.25) is 0 Å². The van der Waals surface area contributed by atoms with Crippen molar-refractivity contribution in [2.75, 3.05) is 11.4 Å². The zero-order valence-corrected chi connectivity index (χ0v) is 15.4. The van der Waals surface area contributed by atoms with Crippen molar-refractivity contribution in [3.8, 4) is 12.3 Å². The van der Waals surface area contributed by atoms with Gasteiger partial charge < -0.3 is 15.0 Å². The number of anilines is 1. The van der Waals surface area contributed by atoms with Crippen molar-refractivity contribution in [2.24, 2.45) is 0 Å². The minimum atomic E-state index is -0.963. The number of nitrogens with one attached hydrogen (secondary N) is 1. The summed E-state index contributed by atoms with van der Waals surface area (Å²) in [4.78, 5) is 32.8. The molecule has 0 amide bonds. The number of terminal acetylenes is 1. The van der Waals surface area contributed by atoms with E-state index in [1.165, 1.54) is 5.56 Å². The molecule has 6 heteroatoms. The van der Waals surface area contributed by atoms with E-state index in [4.69, 9.17) is 11.5 Å². The second kappa shape index (κ2) is 6.86. The van der Waals surface area contributed by atoms with Crippen LogP contribution in [0.4, 0.5) is 5.69 Å². The SMILES string of the molecule is C#CCN(c1ccc(C(=O)O)cc1)C1CCc2cc3nc(C)[nH]c(=O)c3cc21. The highest BCUT2D eigenvalue weighted by molar-refractivity contribution is 5.88. The summed E-state index contributed by atoms with van der Waals surface area (Å²) in [5, 5.41) is 9.69. The fourth-order valence-corrected chi connectivity index (χ4v) is 3.94. The third-order valence-corrected chi connectivity index (χ3v) is 5.21. The standard InChI is InChI=1S/C22H19N3O3/c1-3-10-25(16-7-4-14(5-8-16)22(27)28)20-9-6-15-11-19-18(12-17(15)20)21(26)24-13(2)23-19/h1,4-5,7-8,11-12,20H,6,9-10H2,2H3,(H,27,28)(H,23,24,26). The number of aromatic carboxylic acids is 1. The molecule has 0 aliphatic heterocycles. The first-order valence-corrected chi connectivity index (χ1v) is 9.05. The smallest absolute Gasteiger partial charge is 0.335 e. The van der Waals surface area contributed by atoms with Crippen LogP contribution in [-0.2, 0) is 6.42 Å².